The molecule has 1 N–H and O–H groups in total. The maximum absolute atomic E-state index is 4.49. The molecule has 2 aromatic rings. The van der Waals surface area contributed by atoms with Crippen LogP contribution in [0, 0.1) is 13.8 Å². The van der Waals surface area contributed by atoms with Gasteiger partial charge in [-0.1, -0.05) is 22.0 Å². The number of hydrogen-bond donors (Lipinski definition) is 1. The smallest absolute Gasteiger partial charge is 0.112 e. The lowest BCUT2D eigenvalue weighted by Gasteiger charge is -2.03. The molecule has 84 valence electrons. The third-order valence-electron chi connectivity index (χ3n) is 2.34. The number of thiazole rings is 1. The Morgan fingerprint density at radius 3 is 2.81 bits per heavy atom. The molecule has 0 aliphatic carbocycles. The van der Waals surface area contributed by atoms with Gasteiger partial charge in [-0.15, -0.1) is 11.3 Å². The lowest BCUT2D eigenvalue weighted by molar-refractivity contribution is 1.07. The van der Waals surface area contributed by atoms with Crippen LogP contribution in [0.15, 0.2) is 28.7 Å². The van der Waals surface area contributed by atoms with Crippen molar-refractivity contribution in [2.24, 2.45) is 0 Å². The second kappa shape index (κ2) is 4.97. The number of nitrogens with one attached hydrogen (secondary N) is 1. The van der Waals surface area contributed by atoms with E-state index in [0.717, 1.165) is 27.4 Å². The zero-order chi connectivity index (χ0) is 11.5. The molecule has 1 aromatic carbocycles. The molecule has 0 saturated carbocycles. The van der Waals surface area contributed by atoms with E-state index in [4.69, 9.17) is 0 Å². The van der Waals surface area contributed by atoms with Gasteiger partial charge in [-0.2, -0.15) is 0 Å². The van der Waals surface area contributed by atoms with Crippen LogP contribution in [0.1, 0.15) is 15.6 Å². The summed E-state index contributed by atoms with van der Waals surface area (Å²) in [5.41, 5.74) is 2.25. The van der Waals surface area contributed by atoms with Crippen LogP contribution in [0.5, 0.6) is 0 Å². The summed E-state index contributed by atoms with van der Waals surface area (Å²) in [4.78, 5) is 5.79. The van der Waals surface area contributed by atoms with E-state index in [0.29, 0.717) is 0 Å². The molecule has 0 bridgehead atoms. The van der Waals surface area contributed by atoms with Crippen molar-refractivity contribution < 1.29 is 0 Å². The van der Waals surface area contributed by atoms with Gasteiger partial charge in [0.2, 0.25) is 0 Å². The Labute approximate surface area is 108 Å². The second-order valence-corrected chi connectivity index (χ2v) is 5.82. The van der Waals surface area contributed by atoms with Crippen LogP contribution in [0.2, 0.25) is 0 Å². The van der Waals surface area contributed by atoms with E-state index in [-0.39, 0.29) is 0 Å². The van der Waals surface area contributed by atoms with Crippen LogP contribution in [-0.4, -0.2) is 4.98 Å². The van der Waals surface area contributed by atoms with Crippen LogP contribution in [0.3, 0.4) is 0 Å². The van der Waals surface area contributed by atoms with Crippen LogP contribution in [-0.2, 0) is 6.54 Å². The van der Waals surface area contributed by atoms with Crippen molar-refractivity contribution in [1.29, 1.82) is 0 Å². The molecule has 1 aromatic heterocycles. The summed E-state index contributed by atoms with van der Waals surface area (Å²) < 4.78 is 1.09. The minimum absolute atomic E-state index is 0.788. The van der Waals surface area contributed by atoms with Gasteiger partial charge in [0, 0.05) is 15.0 Å². The summed E-state index contributed by atoms with van der Waals surface area (Å²) in [7, 11) is 0. The van der Waals surface area contributed by atoms with Gasteiger partial charge < -0.3 is 5.32 Å². The molecular formula is C12H13BrN2S. The van der Waals surface area contributed by atoms with Gasteiger partial charge >= 0.3 is 0 Å². The molecule has 0 aliphatic rings. The minimum atomic E-state index is 0.788. The van der Waals surface area contributed by atoms with Crippen LogP contribution in [0.25, 0.3) is 0 Å². The standard InChI is InChI=1S/C12H13BrN2S/c1-8-9(2)16-12(15-8)7-14-11-5-3-4-10(13)6-11/h3-6,14H,7H2,1-2H3. The van der Waals surface area contributed by atoms with E-state index in [1.807, 2.05) is 12.1 Å². The monoisotopic (exact) mass is 296 g/mol. The fourth-order valence-electron chi connectivity index (χ4n) is 1.39. The van der Waals surface area contributed by atoms with E-state index < -0.39 is 0 Å². The van der Waals surface area contributed by atoms with Crippen molar-refractivity contribution in [3.63, 3.8) is 0 Å². The summed E-state index contributed by atoms with van der Waals surface area (Å²) in [6.45, 7) is 4.94. The molecule has 0 fully saturated rings. The Morgan fingerprint density at radius 1 is 1.38 bits per heavy atom. The lowest BCUT2D eigenvalue weighted by atomic mass is 10.3. The van der Waals surface area contributed by atoms with Crippen molar-refractivity contribution in [2.45, 2.75) is 20.4 Å². The highest BCUT2D eigenvalue weighted by Gasteiger charge is 2.03. The number of anilines is 1. The zero-order valence-electron chi connectivity index (χ0n) is 9.25. The molecule has 0 aliphatic heterocycles. The molecule has 4 heteroatoms. The Kier molecular flexibility index (Phi) is 3.61. The largest absolute Gasteiger partial charge is 0.378 e. The molecule has 0 saturated heterocycles. The number of benzene rings is 1. The molecule has 2 nitrogen and oxygen atoms in total. The van der Waals surface area contributed by atoms with Crippen molar-refractivity contribution >= 4 is 33.0 Å². The lowest BCUT2D eigenvalue weighted by Crippen LogP contribution is -1.98. The quantitative estimate of drug-likeness (QED) is 0.921. The Morgan fingerprint density at radius 2 is 2.19 bits per heavy atom. The first-order valence-electron chi connectivity index (χ1n) is 5.07. The van der Waals surface area contributed by atoms with Gasteiger partial charge in [0.25, 0.3) is 0 Å². The molecule has 16 heavy (non-hydrogen) atoms. The SMILES string of the molecule is Cc1nc(CNc2cccc(Br)c2)sc1C. The Balaban J connectivity index is 2.02. The van der Waals surface area contributed by atoms with Gasteiger partial charge in [-0.3, -0.25) is 0 Å². The first-order valence-corrected chi connectivity index (χ1v) is 6.68. The van der Waals surface area contributed by atoms with Crippen LogP contribution < -0.4 is 5.32 Å². The van der Waals surface area contributed by atoms with Gasteiger partial charge in [0.15, 0.2) is 0 Å². The van der Waals surface area contributed by atoms with E-state index in [1.54, 1.807) is 11.3 Å². The van der Waals surface area contributed by atoms with Crippen molar-refractivity contribution in [3.8, 4) is 0 Å². The highest BCUT2D eigenvalue weighted by Crippen LogP contribution is 2.19. The number of aromatic nitrogens is 1. The molecule has 0 spiro atoms. The van der Waals surface area contributed by atoms with Gasteiger partial charge in [-0.25, -0.2) is 4.98 Å². The number of nitrogens with zero attached hydrogens (tertiary/aromatic N) is 1. The molecule has 1 heterocycles. The molecule has 0 radical (unpaired) electrons. The second-order valence-electron chi connectivity index (χ2n) is 3.61. The summed E-state index contributed by atoms with van der Waals surface area (Å²) in [5.74, 6) is 0. The Hall–Kier alpha value is -0.870. The summed E-state index contributed by atoms with van der Waals surface area (Å²) in [5, 5.41) is 4.49. The molecule has 2 rings (SSSR count). The molecule has 0 atom stereocenters. The minimum Gasteiger partial charge on any atom is -0.378 e. The maximum Gasteiger partial charge on any atom is 0.112 e. The first-order chi connectivity index (χ1) is 7.65. The molecule has 0 unspecified atom stereocenters. The first kappa shape index (κ1) is 11.6. The number of halogens is 1. The van der Waals surface area contributed by atoms with Crippen LogP contribution >= 0.6 is 27.3 Å². The van der Waals surface area contributed by atoms with Crippen molar-refractivity contribution in [2.75, 3.05) is 5.32 Å². The predicted molar refractivity (Wildman–Crippen MR) is 73.1 cm³/mol. The van der Waals surface area contributed by atoms with Gasteiger partial charge in [0.1, 0.15) is 5.01 Å². The zero-order valence-corrected chi connectivity index (χ0v) is 11.7. The predicted octanol–water partition coefficient (Wildman–Crippen LogP) is 4.13. The fourth-order valence-corrected chi connectivity index (χ4v) is 2.66. The summed E-state index contributed by atoms with van der Waals surface area (Å²) in [6.07, 6.45) is 0. The average Bonchev–Trinajstić information content (AvgIpc) is 2.56. The number of rotatable bonds is 3. The molecular weight excluding hydrogens is 284 g/mol. The van der Waals surface area contributed by atoms with Crippen molar-refractivity contribution in [1.82, 2.24) is 4.98 Å². The average molecular weight is 297 g/mol. The van der Waals surface area contributed by atoms with E-state index in [2.05, 4.69) is 52.2 Å². The summed E-state index contributed by atoms with van der Waals surface area (Å²) in [6, 6.07) is 8.15. The van der Waals surface area contributed by atoms with Gasteiger partial charge in [-0.05, 0) is 32.0 Å². The summed E-state index contributed by atoms with van der Waals surface area (Å²) >= 11 is 5.20. The highest BCUT2D eigenvalue weighted by atomic mass is 79.9. The number of aryl methyl sites for hydroxylation is 2. The topological polar surface area (TPSA) is 24.9 Å². The third kappa shape index (κ3) is 2.83. The van der Waals surface area contributed by atoms with Crippen molar-refractivity contribution in [3.05, 3.63) is 44.3 Å². The van der Waals surface area contributed by atoms with Crippen LogP contribution in [0.4, 0.5) is 5.69 Å². The van der Waals surface area contributed by atoms with E-state index in [9.17, 15) is 0 Å². The highest BCUT2D eigenvalue weighted by molar-refractivity contribution is 9.10. The maximum atomic E-state index is 4.49. The number of hydrogen-bond acceptors (Lipinski definition) is 3. The van der Waals surface area contributed by atoms with Gasteiger partial charge in [0.05, 0.1) is 12.2 Å². The van der Waals surface area contributed by atoms with E-state index in [1.165, 1.54) is 4.88 Å². The Bertz CT molecular complexity index is 474. The molecule has 0 amide bonds. The fraction of sp³-hybridized carbons (Fsp3) is 0.250. The third-order valence-corrected chi connectivity index (χ3v) is 3.91. The van der Waals surface area contributed by atoms with E-state index >= 15 is 0 Å². The normalized spacial score (nSPS) is 10.4.